The van der Waals surface area contributed by atoms with Crippen LogP contribution < -0.4 is 4.90 Å². The van der Waals surface area contributed by atoms with Crippen LogP contribution in [0.4, 0.5) is 11.4 Å². The summed E-state index contributed by atoms with van der Waals surface area (Å²) in [5.74, 6) is 0.0193. The van der Waals surface area contributed by atoms with Crippen LogP contribution in [0.3, 0.4) is 0 Å². The zero-order valence-corrected chi connectivity index (χ0v) is 13.3. The predicted molar refractivity (Wildman–Crippen MR) is 82.5 cm³/mol. The second-order valence-electron chi connectivity index (χ2n) is 6.02. The van der Waals surface area contributed by atoms with Gasteiger partial charge in [-0.1, -0.05) is 12.1 Å². The fraction of sp³-hybridized carbons (Fsp3) is 0.571. The van der Waals surface area contributed by atoms with Gasteiger partial charge in [-0.3, -0.25) is 10.1 Å². The number of aryl methyl sites for hydroxylation is 1. The van der Waals surface area contributed by atoms with E-state index in [2.05, 4.69) is 0 Å². The Morgan fingerprint density at radius 3 is 2.57 bits per heavy atom. The molecule has 1 aliphatic rings. The molecular formula is C14H20N2O4S. The maximum absolute atomic E-state index is 12.2. The molecule has 1 aromatic carbocycles. The molecule has 1 saturated heterocycles. The van der Waals surface area contributed by atoms with E-state index in [0.717, 1.165) is 5.56 Å². The molecular weight excluding hydrogens is 292 g/mol. The molecule has 0 N–H and O–H groups in total. The normalized spacial score (nSPS) is 20.8. The Balaban J connectivity index is 2.43. The maximum Gasteiger partial charge on any atom is 0.292 e. The standard InChI is InChI=1S/C14H20N2O4S/c1-11-5-4-6-12(16(17)18)13(11)15-8-7-14(2,3)21(19,20)10-9-15/h4-6H,7-10H2,1-3H3. The molecule has 116 valence electrons. The molecule has 0 amide bonds. The number of benzene rings is 1. The van der Waals surface area contributed by atoms with Crippen LogP contribution in [0.15, 0.2) is 18.2 Å². The third-order valence-electron chi connectivity index (χ3n) is 4.19. The summed E-state index contributed by atoms with van der Waals surface area (Å²) in [6.07, 6.45) is 0.459. The first-order valence-corrected chi connectivity index (χ1v) is 8.52. The van der Waals surface area contributed by atoms with Crippen molar-refractivity contribution in [2.24, 2.45) is 0 Å². The van der Waals surface area contributed by atoms with Crippen molar-refractivity contribution in [3.63, 3.8) is 0 Å². The topological polar surface area (TPSA) is 80.5 Å². The van der Waals surface area contributed by atoms with Crippen molar-refractivity contribution in [2.45, 2.75) is 31.9 Å². The highest BCUT2D eigenvalue weighted by Crippen LogP contribution is 2.34. The molecule has 0 spiro atoms. The summed E-state index contributed by atoms with van der Waals surface area (Å²) in [5.41, 5.74) is 1.36. The first kappa shape index (κ1) is 15.8. The van der Waals surface area contributed by atoms with Gasteiger partial charge in [0.15, 0.2) is 9.84 Å². The molecule has 2 rings (SSSR count). The van der Waals surface area contributed by atoms with Crippen molar-refractivity contribution >= 4 is 21.2 Å². The van der Waals surface area contributed by atoms with E-state index < -0.39 is 19.5 Å². The molecule has 21 heavy (non-hydrogen) atoms. The smallest absolute Gasteiger partial charge is 0.292 e. The Labute approximate surface area is 124 Å². The van der Waals surface area contributed by atoms with E-state index in [1.165, 1.54) is 6.07 Å². The van der Waals surface area contributed by atoms with E-state index in [0.29, 0.717) is 18.7 Å². The highest BCUT2D eigenvalue weighted by molar-refractivity contribution is 7.92. The molecule has 1 heterocycles. The van der Waals surface area contributed by atoms with Gasteiger partial charge in [-0.25, -0.2) is 8.42 Å². The monoisotopic (exact) mass is 312 g/mol. The van der Waals surface area contributed by atoms with E-state index >= 15 is 0 Å². The zero-order valence-electron chi connectivity index (χ0n) is 12.5. The number of rotatable bonds is 2. The molecule has 7 heteroatoms. The van der Waals surface area contributed by atoms with Crippen LogP contribution >= 0.6 is 0 Å². The Bertz CT molecular complexity index is 668. The van der Waals surface area contributed by atoms with Crippen LogP contribution in [-0.2, 0) is 9.84 Å². The van der Waals surface area contributed by atoms with Crippen LogP contribution in [-0.4, -0.2) is 36.9 Å². The van der Waals surface area contributed by atoms with Crippen LogP contribution in [0.2, 0.25) is 0 Å². The fourth-order valence-electron chi connectivity index (χ4n) is 2.60. The van der Waals surface area contributed by atoms with Gasteiger partial charge >= 0.3 is 0 Å². The lowest BCUT2D eigenvalue weighted by molar-refractivity contribution is -0.384. The van der Waals surface area contributed by atoms with Gasteiger partial charge in [0.1, 0.15) is 5.69 Å². The molecule has 0 radical (unpaired) electrons. The third kappa shape index (κ3) is 2.88. The molecule has 0 aliphatic carbocycles. The Kier molecular flexibility index (Phi) is 3.97. The van der Waals surface area contributed by atoms with Crippen molar-refractivity contribution in [3.8, 4) is 0 Å². The van der Waals surface area contributed by atoms with Crippen molar-refractivity contribution in [3.05, 3.63) is 33.9 Å². The third-order valence-corrected chi connectivity index (χ3v) is 6.79. The van der Waals surface area contributed by atoms with Crippen LogP contribution in [0.5, 0.6) is 0 Å². The van der Waals surface area contributed by atoms with Crippen LogP contribution in [0.25, 0.3) is 0 Å². The highest BCUT2D eigenvalue weighted by Gasteiger charge is 2.38. The molecule has 0 bridgehead atoms. The predicted octanol–water partition coefficient (Wildman–Crippen LogP) is 2.31. The highest BCUT2D eigenvalue weighted by atomic mass is 32.2. The maximum atomic E-state index is 12.2. The lowest BCUT2D eigenvalue weighted by Crippen LogP contribution is -2.33. The van der Waals surface area contributed by atoms with E-state index in [9.17, 15) is 18.5 Å². The molecule has 0 aromatic heterocycles. The number of hydrogen-bond acceptors (Lipinski definition) is 5. The van der Waals surface area contributed by atoms with Gasteiger partial charge in [-0.05, 0) is 32.8 Å². The largest absolute Gasteiger partial charge is 0.365 e. The SMILES string of the molecule is Cc1cccc([N+](=O)[O-])c1N1CCC(C)(C)S(=O)(=O)CC1. The van der Waals surface area contributed by atoms with Crippen molar-refractivity contribution in [2.75, 3.05) is 23.7 Å². The summed E-state index contributed by atoms with van der Waals surface area (Å²) in [6, 6.07) is 4.93. The average molecular weight is 312 g/mol. The van der Waals surface area contributed by atoms with E-state index in [1.807, 2.05) is 17.9 Å². The minimum absolute atomic E-state index is 0.0193. The van der Waals surface area contributed by atoms with E-state index in [4.69, 9.17) is 0 Å². The van der Waals surface area contributed by atoms with Crippen molar-refractivity contribution in [1.29, 1.82) is 0 Å². The summed E-state index contributed by atoms with van der Waals surface area (Å²) in [5, 5.41) is 11.2. The number of para-hydroxylation sites is 1. The lowest BCUT2D eigenvalue weighted by Gasteiger charge is -2.25. The van der Waals surface area contributed by atoms with Crippen molar-refractivity contribution in [1.82, 2.24) is 0 Å². The average Bonchev–Trinajstić information content (AvgIpc) is 2.48. The molecule has 1 aliphatic heterocycles. The number of hydrogen-bond donors (Lipinski definition) is 0. The van der Waals surface area contributed by atoms with E-state index in [1.54, 1.807) is 19.9 Å². The van der Waals surface area contributed by atoms with Crippen molar-refractivity contribution < 1.29 is 13.3 Å². The summed E-state index contributed by atoms with van der Waals surface area (Å²) >= 11 is 0. The van der Waals surface area contributed by atoms with Gasteiger partial charge < -0.3 is 4.90 Å². The van der Waals surface area contributed by atoms with Gasteiger partial charge in [-0.15, -0.1) is 0 Å². The Hall–Kier alpha value is -1.63. The number of nitro groups is 1. The van der Waals surface area contributed by atoms with Gasteiger partial charge in [0.2, 0.25) is 0 Å². The lowest BCUT2D eigenvalue weighted by atomic mass is 10.1. The zero-order chi connectivity index (χ0) is 15.8. The van der Waals surface area contributed by atoms with Gasteiger partial charge in [0, 0.05) is 19.2 Å². The Morgan fingerprint density at radius 2 is 1.95 bits per heavy atom. The first-order chi connectivity index (χ1) is 9.66. The van der Waals surface area contributed by atoms with Gasteiger partial charge in [0.25, 0.3) is 5.69 Å². The summed E-state index contributed by atoms with van der Waals surface area (Å²) in [7, 11) is -3.20. The fourth-order valence-corrected chi connectivity index (χ4v) is 4.02. The first-order valence-electron chi connectivity index (χ1n) is 6.87. The van der Waals surface area contributed by atoms with Gasteiger partial charge in [0.05, 0.1) is 15.4 Å². The van der Waals surface area contributed by atoms with Crippen LogP contribution in [0.1, 0.15) is 25.8 Å². The summed E-state index contributed by atoms with van der Waals surface area (Å²) in [6.45, 7) is 6.04. The molecule has 1 fully saturated rings. The molecule has 1 aromatic rings. The van der Waals surface area contributed by atoms with Crippen LogP contribution in [0, 0.1) is 17.0 Å². The summed E-state index contributed by atoms with van der Waals surface area (Å²) < 4.78 is 23.7. The number of anilines is 1. The van der Waals surface area contributed by atoms with E-state index in [-0.39, 0.29) is 18.0 Å². The van der Waals surface area contributed by atoms with Gasteiger partial charge in [-0.2, -0.15) is 0 Å². The minimum atomic E-state index is -3.20. The number of sulfone groups is 1. The molecule has 0 unspecified atom stereocenters. The molecule has 0 saturated carbocycles. The molecule has 0 atom stereocenters. The summed E-state index contributed by atoms with van der Waals surface area (Å²) in [4.78, 5) is 12.6. The second-order valence-corrected chi connectivity index (χ2v) is 8.76. The molecule has 6 nitrogen and oxygen atoms in total. The Morgan fingerprint density at radius 1 is 1.29 bits per heavy atom. The minimum Gasteiger partial charge on any atom is -0.365 e. The second kappa shape index (κ2) is 5.29. The quantitative estimate of drug-likeness (QED) is 0.618. The number of nitro benzene ring substituents is 1. The number of nitrogens with zero attached hydrogens (tertiary/aromatic N) is 2.